The summed E-state index contributed by atoms with van der Waals surface area (Å²) in [6.07, 6.45) is 1.62. The molecular formula is C10H15N3O2. The number of carboxylic acids is 1. The van der Waals surface area contributed by atoms with E-state index < -0.39 is 5.97 Å². The van der Waals surface area contributed by atoms with Crippen molar-refractivity contribution in [2.75, 3.05) is 6.54 Å². The molecule has 0 aliphatic carbocycles. The molecule has 0 spiro atoms. The van der Waals surface area contributed by atoms with Crippen molar-refractivity contribution in [3.63, 3.8) is 0 Å². The lowest BCUT2D eigenvalue weighted by molar-refractivity contribution is 0.0687. The Morgan fingerprint density at radius 1 is 1.73 bits per heavy atom. The molecule has 1 atom stereocenters. The van der Waals surface area contributed by atoms with Gasteiger partial charge in [-0.2, -0.15) is 0 Å². The van der Waals surface area contributed by atoms with E-state index in [1.54, 1.807) is 6.33 Å². The van der Waals surface area contributed by atoms with E-state index in [4.69, 9.17) is 5.11 Å². The fourth-order valence-electron chi connectivity index (χ4n) is 2.05. The molecule has 0 bridgehead atoms. The second kappa shape index (κ2) is 3.66. The molecule has 0 fully saturated rings. The molecule has 15 heavy (non-hydrogen) atoms. The molecule has 1 aromatic heterocycles. The van der Waals surface area contributed by atoms with E-state index >= 15 is 0 Å². The minimum Gasteiger partial charge on any atom is -0.476 e. The highest BCUT2D eigenvalue weighted by molar-refractivity contribution is 5.87. The van der Waals surface area contributed by atoms with Crippen LogP contribution < -0.4 is 5.32 Å². The van der Waals surface area contributed by atoms with E-state index in [-0.39, 0.29) is 11.7 Å². The second-order valence-corrected chi connectivity index (χ2v) is 4.15. The zero-order valence-electron chi connectivity index (χ0n) is 8.90. The van der Waals surface area contributed by atoms with Gasteiger partial charge in [-0.3, -0.25) is 0 Å². The molecule has 0 amide bonds. The highest BCUT2D eigenvalue weighted by Crippen LogP contribution is 2.26. The van der Waals surface area contributed by atoms with Crippen LogP contribution >= 0.6 is 0 Å². The van der Waals surface area contributed by atoms with Gasteiger partial charge in [0, 0.05) is 13.1 Å². The maximum atomic E-state index is 11.0. The van der Waals surface area contributed by atoms with Crippen molar-refractivity contribution in [1.29, 1.82) is 0 Å². The highest BCUT2D eigenvalue weighted by atomic mass is 16.4. The SMILES string of the molecule is CC(C)C1NCCn2cnc(C(=O)O)c21. The van der Waals surface area contributed by atoms with E-state index in [0.717, 1.165) is 18.8 Å². The zero-order valence-corrected chi connectivity index (χ0v) is 8.90. The van der Waals surface area contributed by atoms with Crippen molar-refractivity contribution < 1.29 is 9.90 Å². The van der Waals surface area contributed by atoms with Crippen LogP contribution in [0.15, 0.2) is 6.33 Å². The normalized spacial score (nSPS) is 20.3. The Labute approximate surface area is 88.1 Å². The molecule has 0 saturated carbocycles. The van der Waals surface area contributed by atoms with Crippen molar-refractivity contribution in [2.24, 2.45) is 5.92 Å². The summed E-state index contributed by atoms with van der Waals surface area (Å²) in [5.74, 6) is -0.586. The molecule has 1 aliphatic rings. The Bertz CT molecular complexity index is 384. The minimum atomic E-state index is -0.946. The van der Waals surface area contributed by atoms with Gasteiger partial charge in [0.2, 0.25) is 0 Å². The van der Waals surface area contributed by atoms with Gasteiger partial charge in [0.25, 0.3) is 0 Å². The number of carboxylic acid groups (broad SMARTS) is 1. The molecule has 1 aromatic rings. The van der Waals surface area contributed by atoms with Crippen molar-refractivity contribution in [3.05, 3.63) is 17.7 Å². The summed E-state index contributed by atoms with van der Waals surface area (Å²) in [7, 11) is 0. The Hall–Kier alpha value is -1.36. The van der Waals surface area contributed by atoms with Crippen LogP contribution in [0.1, 0.15) is 36.1 Å². The van der Waals surface area contributed by atoms with E-state index in [9.17, 15) is 4.79 Å². The third-order valence-corrected chi connectivity index (χ3v) is 2.76. The quantitative estimate of drug-likeness (QED) is 0.758. The lowest BCUT2D eigenvalue weighted by Gasteiger charge is -2.29. The average Bonchev–Trinajstić information content (AvgIpc) is 2.60. The predicted molar refractivity (Wildman–Crippen MR) is 54.8 cm³/mol. The maximum Gasteiger partial charge on any atom is 0.356 e. The lowest BCUT2D eigenvalue weighted by Crippen LogP contribution is -2.36. The molecule has 0 radical (unpaired) electrons. The summed E-state index contributed by atoms with van der Waals surface area (Å²) in [6.45, 7) is 5.81. The summed E-state index contributed by atoms with van der Waals surface area (Å²) in [5, 5.41) is 12.4. The first kappa shape index (κ1) is 10.2. The van der Waals surface area contributed by atoms with Crippen molar-refractivity contribution in [2.45, 2.75) is 26.4 Å². The van der Waals surface area contributed by atoms with Crippen LogP contribution in [0, 0.1) is 5.92 Å². The van der Waals surface area contributed by atoms with Crippen LogP contribution in [0.25, 0.3) is 0 Å². The van der Waals surface area contributed by atoms with E-state index in [1.165, 1.54) is 0 Å². The minimum absolute atomic E-state index is 0.0901. The summed E-state index contributed by atoms with van der Waals surface area (Å²) in [6, 6.07) is 0.0901. The smallest absolute Gasteiger partial charge is 0.356 e. The van der Waals surface area contributed by atoms with Crippen LogP contribution in [-0.4, -0.2) is 27.2 Å². The first-order valence-corrected chi connectivity index (χ1v) is 5.13. The molecule has 2 N–H and O–H groups in total. The Balaban J connectivity index is 2.47. The van der Waals surface area contributed by atoms with E-state index in [1.807, 2.05) is 4.57 Å². The summed E-state index contributed by atoms with van der Waals surface area (Å²) in [5.41, 5.74) is 0.990. The number of hydrogen-bond donors (Lipinski definition) is 2. The fourth-order valence-corrected chi connectivity index (χ4v) is 2.05. The van der Waals surface area contributed by atoms with Crippen LogP contribution in [0.2, 0.25) is 0 Å². The van der Waals surface area contributed by atoms with Gasteiger partial charge in [0.05, 0.1) is 18.1 Å². The lowest BCUT2D eigenvalue weighted by atomic mass is 9.98. The third kappa shape index (κ3) is 1.63. The van der Waals surface area contributed by atoms with Gasteiger partial charge in [0.15, 0.2) is 5.69 Å². The van der Waals surface area contributed by atoms with Crippen molar-refractivity contribution in [1.82, 2.24) is 14.9 Å². The van der Waals surface area contributed by atoms with Crippen LogP contribution in [0.5, 0.6) is 0 Å². The summed E-state index contributed by atoms with van der Waals surface area (Å²) in [4.78, 5) is 15.0. The number of nitrogens with zero attached hydrogens (tertiary/aromatic N) is 2. The molecule has 2 rings (SSSR count). The van der Waals surface area contributed by atoms with Gasteiger partial charge in [-0.05, 0) is 5.92 Å². The van der Waals surface area contributed by atoms with Crippen LogP contribution in [0.4, 0.5) is 0 Å². The van der Waals surface area contributed by atoms with Crippen LogP contribution in [0.3, 0.4) is 0 Å². The molecule has 5 nitrogen and oxygen atoms in total. The third-order valence-electron chi connectivity index (χ3n) is 2.76. The Kier molecular flexibility index (Phi) is 2.48. The van der Waals surface area contributed by atoms with Gasteiger partial charge in [0.1, 0.15) is 0 Å². The molecule has 0 aromatic carbocycles. The number of imidazole rings is 1. The second-order valence-electron chi connectivity index (χ2n) is 4.15. The van der Waals surface area contributed by atoms with E-state index in [0.29, 0.717) is 5.92 Å². The van der Waals surface area contributed by atoms with E-state index in [2.05, 4.69) is 24.1 Å². The number of hydrogen-bond acceptors (Lipinski definition) is 3. The standard InChI is InChI=1S/C10H15N3O2/c1-6(2)7-9-8(10(14)15)12-5-13(9)4-3-11-7/h5-7,11H,3-4H2,1-2H3,(H,14,15). The molecule has 1 unspecified atom stereocenters. The number of aromatic nitrogens is 2. The highest BCUT2D eigenvalue weighted by Gasteiger charge is 2.29. The van der Waals surface area contributed by atoms with Crippen LogP contribution in [-0.2, 0) is 6.54 Å². The number of fused-ring (bicyclic) bond motifs is 1. The summed E-state index contributed by atoms with van der Waals surface area (Å²) < 4.78 is 1.94. The number of carbonyl (C=O) groups is 1. The largest absolute Gasteiger partial charge is 0.476 e. The van der Waals surface area contributed by atoms with Gasteiger partial charge >= 0.3 is 5.97 Å². The topological polar surface area (TPSA) is 67.2 Å². The van der Waals surface area contributed by atoms with Crippen molar-refractivity contribution >= 4 is 5.97 Å². The zero-order chi connectivity index (χ0) is 11.0. The molecular weight excluding hydrogens is 194 g/mol. The average molecular weight is 209 g/mol. The predicted octanol–water partition coefficient (Wildman–Crippen LogP) is 0.882. The molecule has 2 heterocycles. The number of nitrogens with one attached hydrogen (secondary N) is 1. The Morgan fingerprint density at radius 3 is 3.07 bits per heavy atom. The van der Waals surface area contributed by atoms with Gasteiger partial charge in [-0.25, -0.2) is 9.78 Å². The summed E-state index contributed by atoms with van der Waals surface area (Å²) >= 11 is 0. The van der Waals surface area contributed by atoms with Gasteiger partial charge in [-0.15, -0.1) is 0 Å². The monoisotopic (exact) mass is 209 g/mol. The molecule has 5 heteroatoms. The van der Waals surface area contributed by atoms with Gasteiger partial charge in [-0.1, -0.05) is 13.8 Å². The number of rotatable bonds is 2. The molecule has 0 saturated heterocycles. The van der Waals surface area contributed by atoms with Gasteiger partial charge < -0.3 is 15.0 Å². The first-order chi connectivity index (χ1) is 7.11. The molecule has 82 valence electrons. The fraction of sp³-hybridized carbons (Fsp3) is 0.600. The molecule has 1 aliphatic heterocycles. The Morgan fingerprint density at radius 2 is 2.47 bits per heavy atom. The number of aromatic carboxylic acids is 1. The van der Waals surface area contributed by atoms with Crippen molar-refractivity contribution in [3.8, 4) is 0 Å². The first-order valence-electron chi connectivity index (χ1n) is 5.13. The maximum absolute atomic E-state index is 11.0.